The first-order valence-corrected chi connectivity index (χ1v) is 7.26. The van der Waals surface area contributed by atoms with Crippen LogP contribution >= 0.6 is 0 Å². The van der Waals surface area contributed by atoms with Crippen LogP contribution in [0, 0.1) is 0 Å². The van der Waals surface area contributed by atoms with E-state index in [1.807, 2.05) is 85.1 Å². The molecule has 0 spiro atoms. The molecule has 1 aromatic carbocycles. The van der Waals surface area contributed by atoms with Crippen LogP contribution < -0.4 is 0 Å². The summed E-state index contributed by atoms with van der Waals surface area (Å²) in [6, 6.07) is 9.51. The average molecular weight is 304 g/mol. The van der Waals surface area contributed by atoms with Crippen molar-refractivity contribution in [1.82, 2.24) is 4.90 Å². The lowest BCUT2D eigenvalue weighted by atomic mass is 10.0. The number of hydrogen-bond acceptors (Lipinski definition) is 4. The average Bonchev–Trinajstić information content (AvgIpc) is 2.95. The van der Waals surface area contributed by atoms with Gasteiger partial charge in [0.25, 0.3) is 0 Å². The molecule has 0 saturated carbocycles. The van der Waals surface area contributed by atoms with E-state index in [0.29, 0.717) is 11.3 Å². The molecule has 0 N–H and O–H groups in total. The fraction of sp³-hybridized carbons (Fsp3) is 0.0526. The Balaban J connectivity index is 1.76. The van der Waals surface area contributed by atoms with E-state index in [2.05, 4.69) is 5.16 Å². The first-order chi connectivity index (χ1) is 11.2. The highest BCUT2D eigenvalue weighted by atomic mass is 16.7. The Hall–Kier alpha value is -3.14. The smallest absolute Gasteiger partial charge is 0.357 e. The van der Waals surface area contributed by atoms with Crippen LogP contribution in [-0.4, -0.2) is 23.6 Å². The maximum atomic E-state index is 11.8. The van der Waals surface area contributed by atoms with Gasteiger partial charge in [-0.2, -0.15) is 0 Å². The lowest BCUT2D eigenvalue weighted by Crippen LogP contribution is -2.06. The lowest BCUT2D eigenvalue weighted by molar-refractivity contribution is -0.136. The number of benzene rings is 1. The second-order valence-corrected chi connectivity index (χ2v) is 5.11. The molecule has 2 aliphatic rings. The van der Waals surface area contributed by atoms with Crippen molar-refractivity contribution in [2.45, 2.75) is 0 Å². The SMILES string of the molecule is CN1C=CC(=C/C=C/C=C2\C(=O)ON=C2c2ccccc2)C=C1. The Morgan fingerprint density at radius 2 is 1.74 bits per heavy atom. The minimum Gasteiger partial charge on any atom is -0.357 e. The number of allylic oxidation sites excluding steroid dienone is 7. The van der Waals surface area contributed by atoms with Crippen molar-refractivity contribution in [3.63, 3.8) is 0 Å². The summed E-state index contributed by atoms with van der Waals surface area (Å²) in [5, 5.41) is 3.87. The van der Waals surface area contributed by atoms with E-state index in [0.717, 1.165) is 11.1 Å². The number of carbonyl (C=O) groups excluding carboxylic acids is 1. The third kappa shape index (κ3) is 3.55. The summed E-state index contributed by atoms with van der Waals surface area (Å²) in [7, 11) is 1.97. The van der Waals surface area contributed by atoms with Gasteiger partial charge in [0.05, 0.1) is 5.57 Å². The molecule has 0 bridgehead atoms. The highest BCUT2D eigenvalue weighted by Crippen LogP contribution is 2.18. The molecule has 4 nitrogen and oxygen atoms in total. The predicted molar refractivity (Wildman–Crippen MR) is 90.4 cm³/mol. The molecule has 0 radical (unpaired) electrons. The molecule has 0 fully saturated rings. The summed E-state index contributed by atoms with van der Waals surface area (Å²) in [6.07, 6.45) is 15.4. The van der Waals surface area contributed by atoms with Gasteiger partial charge < -0.3 is 9.74 Å². The molecule has 0 saturated heterocycles. The van der Waals surface area contributed by atoms with E-state index >= 15 is 0 Å². The van der Waals surface area contributed by atoms with Gasteiger partial charge in [-0.25, -0.2) is 4.79 Å². The number of nitrogens with zero attached hydrogens (tertiary/aromatic N) is 2. The molecule has 2 aliphatic heterocycles. The van der Waals surface area contributed by atoms with E-state index in [1.165, 1.54) is 0 Å². The second-order valence-electron chi connectivity index (χ2n) is 5.11. The number of rotatable bonds is 3. The maximum absolute atomic E-state index is 11.8. The standard InChI is InChI=1S/C19H16N2O2/c1-21-13-11-15(12-14-21)7-5-6-10-17-18(20-23-19(17)22)16-8-3-2-4-9-16/h2-14H,1H3/b6-5+,17-10-. The van der Waals surface area contributed by atoms with Gasteiger partial charge in [-0.1, -0.05) is 53.7 Å². The molecular formula is C19H16N2O2. The largest absolute Gasteiger partial charge is 0.368 e. The van der Waals surface area contributed by atoms with E-state index in [9.17, 15) is 4.79 Å². The van der Waals surface area contributed by atoms with Crippen LogP contribution in [0.25, 0.3) is 0 Å². The van der Waals surface area contributed by atoms with Crippen molar-refractivity contribution in [3.05, 3.63) is 95.9 Å². The Labute approximate surface area is 135 Å². The number of hydrogen-bond donors (Lipinski definition) is 0. The topological polar surface area (TPSA) is 41.9 Å². The van der Waals surface area contributed by atoms with Crippen LogP contribution in [0.5, 0.6) is 0 Å². The Kier molecular flexibility index (Phi) is 4.34. The molecule has 23 heavy (non-hydrogen) atoms. The van der Waals surface area contributed by atoms with Gasteiger partial charge in [0.2, 0.25) is 0 Å². The van der Waals surface area contributed by atoms with Crippen molar-refractivity contribution >= 4 is 11.7 Å². The molecule has 0 aliphatic carbocycles. The fourth-order valence-corrected chi connectivity index (χ4v) is 2.18. The summed E-state index contributed by atoms with van der Waals surface area (Å²) in [5.41, 5.74) is 2.97. The zero-order valence-electron chi connectivity index (χ0n) is 12.7. The van der Waals surface area contributed by atoms with Gasteiger partial charge in [-0.3, -0.25) is 0 Å². The van der Waals surface area contributed by atoms with E-state index < -0.39 is 5.97 Å². The minimum atomic E-state index is -0.430. The Morgan fingerprint density at radius 1 is 1.04 bits per heavy atom. The zero-order valence-corrected chi connectivity index (χ0v) is 12.7. The van der Waals surface area contributed by atoms with Gasteiger partial charge in [-0.05, 0) is 23.8 Å². The van der Waals surface area contributed by atoms with Crippen LogP contribution in [0.3, 0.4) is 0 Å². The number of oxime groups is 1. The molecule has 4 heteroatoms. The highest BCUT2D eigenvalue weighted by molar-refractivity contribution is 6.28. The van der Waals surface area contributed by atoms with Gasteiger partial charge >= 0.3 is 5.97 Å². The summed E-state index contributed by atoms with van der Waals surface area (Å²) in [5.74, 6) is -0.430. The van der Waals surface area contributed by atoms with Crippen molar-refractivity contribution in [2.24, 2.45) is 5.16 Å². The molecule has 2 heterocycles. The van der Waals surface area contributed by atoms with Crippen LogP contribution in [0.4, 0.5) is 0 Å². The summed E-state index contributed by atoms with van der Waals surface area (Å²) >= 11 is 0. The Bertz CT molecular complexity index is 765. The lowest BCUT2D eigenvalue weighted by Gasteiger charge is -2.11. The van der Waals surface area contributed by atoms with Gasteiger partial charge in [0.15, 0.2) is 0 Å². The van der Waals surface area contributed by atoms with Gasteiger partial charge in [0.1, 0.15) is 5.71 Å². The molecule has 114 valence electrons. The fourth-order valence-electron chi connectivity index (χ4n) is 2.18. The summed E-state index contributed by atoms with van der Waals surface area (Å²) < 4.78 is 0. The summed E-state index contributed by atoms with van der Waals surface area (Å²) in [4.78, 5) is 18.6. The molecule has 0 amide bonds. The second kappa shape index (κ2) is 6.75. The molecule has 1 aromatic rings. The van der Waals surface area contributed by atoms with Crippen LogP contribution in [0.1, 0.15) is 5.56 Å². The van der Waals surface area contributed by atoms with Crippen molar-refractivity contribution < 1.29 is 9.63 Å². The van der Waals surface area contributed by atoms with Crippen molar-refractivity contribution in [1.29, 1.82) is 0 Å². The third-order valence-electron chi connectivity index (χ3n) is 3.41. The van der Waals surface area contributed by atoms with Crippen molar-refractivity contribution in [3.8, 4) is 0 Å². The van der Waals surface area contributed by atoms with E-state index in [1.54, 1.807) is 6.08 Å². The van der Waals surface area contributed by atoms with E-state index in [4.69, 9.17) is 4.84 Å². The van der Waals surface area contributed by atoms with Crippen LogP contribution in [-0.2, 0) is 9.63 Å². The van der Waals surface area contributed by atoms with Gasteiger partial charge in [0, 0.05) is 25.0 Å². The normalized spacial score (nSPS) is 18.7. The summed E-state index contributed by atoms with van der Waals surface area (Å²) in [6.45, 7) is 0. The van der Waals surface area contributed by atoms with Gasteiger partial charge in [-0.15, -0.1) is 0 Å². The molecule has 3 rings (SSSR count). The highest BCUT2D eigenvalue weighted by Gasteiger charge is 2.25. The molecule has 0 aromatic heterocycles. The monoisotopic (exact) mass is 304 g/mol. The molecular weight excluding hydrogens is 288 g/mol. The van der Waals surface area contributed by atoms with Crippen LogP contribution in [0.15, 0.2) is 95.5 Å². The first kappa shape index (κ1) is 14.8. The zero-order chi connectivity index (χ0) is 16.1. The van der Waals surface area contributed by atoms with Crippen molar-refractivity contribution in [2.75, 3.05) is 7.05 Å². The van der Waals surface area contributed by atoms with E-state index in [-0.39, 0.29) is 0 Å². The third-order valence-corrected chi connectivity index (χ3v) is 3.41. The first-order valence-electron chi connectivity index (χ1n) is 7.26. The quantitative estimate of drug-likeness (QED) is 0.635. The molecule has 0 atom stereocenters. The predicted octanol–water partition coefficient (Wildman–Crippen LogP) is 3.33. The minimum absolute atomic E-state index is 0.430. The maximum Gasteiger partial charge on any atom is 0.368 e. The Morgan fingerprint density at radius 3 is 2.48 bits per heavy atom. The number of carbonyl (C=O) groups is 1. The molecule has 0 unspecified atom stereocenters. The van der Waals surface area contributed by atoms with Crippen LogP contribution in [0.2, 0.25) is 0 Å².